The summed E-state index contributed by atoms with van der Waals surface area (Å²) in [6.07, 6.45) is 10.7. The van der Waals surface area contributed by atoms with E-state index in [1.165, 1.54) is 11.6 Å². The van der Waals surface area contributed by atoms with Crippen LogP contribution >= 0.6 is 0 Å². The molecule has 0 aromatic heterocycles. The van der Waals surface area contributed by atoms with Crippen LogP contribution in [0.3, 0.4) is 0 Å². The van der Waals surface area contributed by atoms with Crippen molar-refractivity contribution in [1.29, 1.82) is 0 Å². The number of likely N-dealkylation sites (tertiary alicyclic amines) is 1. The van der Waals surface area contributed by atoms with E-state index in [4.69, 9.17) is 0 Å². The van der Waals surface area contributed by atoms with Crippen molar-refractivity contribution in [1.82, 2.24) is 4.90 Å². The quantitative estimate of drug-likeness (QED) is 0.327. The monoisotopic (exact) mass is 565 g/mol. The van der Waals surface area contributed by atoms with E-state index >= 15 is 0 Å². The molecule has 1 aromatic carbocycles. The van der Waals surface area contributed by atoms with Crippen molar-refractivity contribution in [2.45, 2.75) is 109 Å². The number of fused-ring (bicyclic) bond motifs is 1. The Bertz CT molecular complexity index is 1230. The van der Waals surface area contributed by atoms with Crippen LogP contribution in [0.5, 0.6) is 11.5 Å². The maximum atomic E-state index is 13.2. The minimum atomic E-state index is -1.43. The molecule has 3 saturated carbocycles. The predicted molar refractivity (Wildman–Crippen MR) is 158 cm³/mol. The fourth-order valence-corrected chi connectivity index (χ4v) is 8.76. The number of amides is 1. The minimum Gasteiger partial charge on any atom is -0.508 e. The van der Waals surface area contributed by atoms with Gasteiger partial charge >= 0.3 is 0 Å². The largest absolute Gasteiger partial charge is 0.508 e. The number of aromatic hydroxyl groups is 2. The molecule has 7 heteroatoms. The highest BCUT2D eigenvalue weighted by molar-refractivity contribution is 5.87. The summed E-state index contributed by atoms with van der Waals surface area (Å²) in [7, 11) is 0. The van der Waals surface area contributed by atoms with E-state index in [1.807, 2.05) is 0 Å². The summed E-state index contributed by atoms with van der Waals surface area (Å²) in [4.78, 5) is 14.9. The van der Waals surface area contributed by atoms with Crippen LogP contribution in [0.4, 0.5) is 0 Å². The SMILES string of the molecule is C=C1/C(=C\C=C2/CCC[C@]3(C)[C@@H]([C@H](C)C[C@H]4C[C@](C)(O)C(=O)N4Cc4cc(O)cc(O)c4)CC[C@@H]23)C[C@@H](O)C[C@@H]1O. The Kier molecular flexibility index (Phi) is 8.18. The van der Waals surface area contributed by atoms with Gasteiger partial charge in [0.1, 0.15) is 17.1 Å². The highest BCUT2D eigenvalue weighted by Gasteiger charge is 2.53. The van der Waals surface area contributed by atoms with E-state index in [1.54, 1.807) is 24.0 Å². The van der Waals surface area contributed by atoms with Crippen molar-refractivity contribution in [2.24, 2.45) is 23.2 Å². The van der Waals surface area contributed by atoms with Gasteiger partial charge in [0.05, 0.1) is 12.2 Å². The molecular weight excluding hydrogens is 518 g/mol. The number of hydrogen-bond donors (Lipinski definition) is 5. The molecule has 1 saturated heterocycles. The van der Waals surface area contributed by atoms with E-state index in [2.05, 4.69) is 32.6 Å². The lowest BCUT2D eigenvalue weighted by Crippen LogP contribution is -2.40. The lowest BCUT2D eigenvalue weighted by molar-refractivity contribution is -0.142. The first kappa shape index (κ1) is 29.9. The van der Waals surface area contributed by atoms with Crippen molar-refractivity contribution in [3.63, 3.8) is 0 Å². The first-order chi connectivity index (χ1) is 19.3. The van der Waals surface area contributed by atoms with Crippen LogP contribution in [-0.4, -0.2) is 60.2 Å². The fourth-order valence-electron chi connectivity index (χ4n) is 8.76. The van der Waals surface area contributed by atoms with E-state index in [0.29, 0.717) is 42.6 Å². The molecule has 1 heterocycles. The molecule has 0 bridgehead atoms. The Morgan fingerprint density at radius 1 is 1.12 bits per heavy atom. The summed E-state index contributed by atoms with van der Waals surface area (Å²) in [5.74, 6) is 0.910. The third kappa shape index (κ3) is 5.86. The zero-order valence-electron chi connectivity index (χ0n) is 24.7. The topological polar surface area (TPSA) is 121 Å². The fraction of sp³-hybridized carbons (Fsp3) is 0.618. The van der Waals surface area contributed by atoms with Gasteiger partial charge in [-0.15, -0.1) is 0 Å². The molecule has 7 nitrogen and oxygen atoms in total. The van der Waals surface area contributed by atoms with Crippen LogP contribution in [0.15, 0.2) is 53.6 Å². The van der Waals surface area contributed by atoms with Gasteiger partial charge in [-0.3, -0.25) is 4.79 Å². The standard InChI is InChI=1S/C34H47NO6/c1-20(12-25-18-34(4,41)32(40)35(25)19-22-13-26(36)16-27(37)14-22)29-9-10-30-23(6-5-11-33(29,30)3)7-8-24-15-28(38)17-31(39)21(24)2/h7-8,13-14,16,20,25,28-31,36-39,41H,2,5-6,9-12,15,17-19H2,1,3-4H3/b23-7+,24-8-/t20-,25+,28-,29-,30+,31+,33-,34+/m1/s1. The van der Waals surface area contributed by atoms with Crippen LogP contribution in [0.25, 0.3) is 0 Å². The summed E-state index contributed by atoms with van der Waals surface area (Å²) in [5.41, 5.74) is 2.47. The Morgan fingerprint density at radius 2 is 1.83 bits per heavy atom. The molecule has 1 amide bonds. The van der Waals surface area contributed by atoms with Crippen LogP contribution in [-0.2, 0) is 11.3 Å². The number of carbonyl (C=O) groups excluding carboxylic acids is 1. The lowest BCUT2D eigenvalue weighted by atomic mass is 9.60. The number of rotatable bonds is 6. The van der Waals surface area contributed by atoms with E-state index in [9.17, 15) is 30.3 Å². The van der Waals surface area contributed by atoms with Crippen LogP contribution in [0, 0.1) is 23.2 Å². The summed E-state index contributed by atoms with van der Waals surface area (Å²) < 4.78 is 0. The number of hydrogen-bond acceptors (Lipinski definition) is 6. The predicted octanol–water partition coefficient (Wildman–Crippen LogP) is 5.12. The van der Waals surface area contributed by atoms with Crippen molar-refractivity contribution < 1.29 is 30.3 Å². The smallest absolute Gasteiger partial charge is 0.254 e. The van der Waals surface area contributed by atoms with Gasteiger partial charge in [0, 0.05) is 31.5 Å². The molecule has 41 heavy (non-hydrogen) atoms. The highest BCUT2D eigenvalue weighted by atomic mass is 16.3. The number of carbonyl (C=O) groups is 1. The third-order valence-electron chi connectivity index (χ3n) is 10.7. The number of phenolic OH excluding ortho intramolecular Hbond substituents is 2. The summed E-state index contributed by atoms with van der Waals surface area (Å²) in [6, 6.07) is 4.25. The average Bonchev–Trinajstić information content (AvgIpc) is 3.33. The van der Waals surface area contributed by atoms with Gasteiger partial charge in [-0.25, -0.2) is 0 Å². The summed E-state index contributed by atoms with van der Waals surface area (Å²) in [6.45, 7) is 10.6. The first-order valence-corrected chi connectivity index (χ1v) is 15.3. The van der Waals surface area contributed by atoms with Crippen molar-refractivity contribution in [3.8, 4) is 11.5 Å². The number of allylic oxidation sites excluding steroid dienone is 3. The Labute approximate surface area is 243 Å². The maximum absolute atomic E-state index is 13.2. The molecule has 5 rings (SSSR count). The minimum absolute atomic E-state index is 0.0507. The summed E-state index contributed by atoms with van der Waals surface area (Å²) >= 11 is 0. The molecule has 1 aromatic rings. The van der Waals surface area contributed by atoms with Gasteiger partial charge in [-0.05, 0) is 104 Å². The van der Waals surface area contributed by atoms with E-state index in [0.717, 1.165) is 49.7 Å². The number of aliphatic hydroxyl groups excluding tert-OH is 2. The van der Waals surface area contributed by atoms with Crippen molar-refractivity contribution >= 4 is 5.91 Å². The molecule has 0 spiro atoms. The van der Waals surface area contributed by atoms with Crippen LogP contribution in [0.1, 0.15) is 84.1 Å². The second-order valence-corrected chi connectivity index (χ2v) is 13.8. The molecule has 5 N–H and O–H groups in total. The molecule has 4 fully saturated rings. The molecule has 0 radical (unpaired) electrons. The number of nitrogens with zero attached hydrogens (tertiary/aromatic N) is 1. The Morgan fingerprint density at radius 3 is 2.54 bits per heavy atom. The summed E-state index contributed by atoms with van der Waals surface area (Å²) in [5, 5.41) is 51.2. The molecule has 1 aliphatic heterocycles. The van der Waals surface area contributed by atoms with E-state index < -0.39 is 17.8 Å². The molecule has 224 valence electrons. The van der Waals surface area contributed by atoms with Gasteiger partial charge in [0.15, 0.2) is 0 Å². The maximum Gasteiger partial charge on any atom is 0.254 e. The zero-order valence-corrected chi connectivity index (χ0v) is 24.7. The van der Waals surface area contributed by atoms with Crippen LogP contribution < -0.4 is 0 Å². The number of benzene rings is 1. The van der Waals surface area contributed by atoms with Gasteiger partial charge in [0.2, 0.25) is 0 Å². The molecule has 3 aliphatic carbocycles. The van der Waals surface area contributed by atoms with Crippen molar-refractivity contribution in [2.75, 3.05) is 0 Å². The highest BCUT2D eigenvalue weighted by Crippen LogP contribution is 2.60. The normalized spacial score (nSPS) is 38.6. The van der Waals surface area contributed by atoms with Crippen molar-refractivity contribution in [3.05, 3.63) is 59.2 Å². The van der Waals surface area contributed by atoms with E-state index in [-0.39, 0.29) is 35.4 Å². The van der Waals surface area contributed by atoms with Gasteiger partial charge in [-0.1, -0.05) is 38.2 Å². The second kappa shape index (κ2) is 11.2. The molecule has 0 unspecified atom stereocenters. The third-order valence-corrected chi connectivity index (χ3v) is 10.7. The average molecular weight is 566 g/mol. The molecule has 8 atom stereocenters. The van der Waals surface area contributed by atoms with Gasteiger partial charge < -0.3 is 30.4 Å². The molecule has 4 aliphatic rings. The Balaban J connectivity index is 1.32. The Hall–Kier alpha value is -2.61. The van der Waals surface area contributed by atoms with Gasteiger partial charge in [0.25, 0.3) is 5.91 Å². The lowest BCUT2D eigenvalue weighted by Gasteiger charge is -2.45. The first-order valence-electron chi connectivity index (χ1n) is 15.3. The van der Waals surface area contributed by atoms with Crippen LogP contribution in [0.2, 0.25) is 0 Å². The number of phenols is 2. The van der Waals surface area contributed by atoms with Gasteiger partial charge in [-0.2, -0.15) is 0 Å². The second-order valence-electron chi connectivity index (χ2n) is 13.8. The number of aliphatic hydroxyl groups is 3. The molecular formula is C34H47NO6. The zero-order chi connectivity index (χ0) is 29.7.